The number of aryl methyl sites for hydroxylation is 6. The average molecular weight is 317 g/mol. The van der Waals surface area contributed by atoms with Gasteiger partial charge in [0.2, 0.25) is 0 Å². The summed E-state index contributed by atoms with van der Waals surface area (Å²) in [5.74, 6) is 0. The zero-order valence-electron chi connectivity index (χ0n) is 14.4. The Morgan fingerprint density at radius 2 is 1.62 bits per heavy atom. The minimum Gasteiger partial charge on any atom is -0.264 e. The van der Waals surface area contributed by atoms with Crippen molar-refractivity contribution in [2.75, 3.05) is 0 Å². The first-order chi connectivity index (χ1) is 11.7. The maximum Gasteiger partial charge on any atom is 0.0410 e. The topological polar surface area (TPSA) is 38.7 Å². The normalized spacial score (nSPS) is 10.8. The number of rotatable bonds is 6. The summed E-state index contributed by atoms with van der Waals surface area (Å²) in [4.78, 5) is 13.3. The molecule has 0 spiro atoms. The quantitative estimate of drug-likeness (QED) is 0.688. The molecule has 3 heteroatoms. The minimum atomic E-state index is 0.946. The summed E-state index contributed by atoms with van der Waals surface area (Å²) in [6, 6.07) is 12.7. The molecule has 0 bridgehead atoms. The molecule has 0 saturated heterocycles. The van der Waals surface area contributed by atoms with Gasteiger partial charge in [-0.2, -0.15) is 0 Å². The van der Waals surface area contributed by atoms with E-state index in [-0.39, 0.29) is 0 Å². The molecule has 0 aliphatic carbocycles. The van der Waals surface area contributed by atoms with Crippen LogP contribution in [0.1, 0.15) is 33.8 Å². The third kappa shape index (κ3) is 4.72. The maximum atomic E-state index is 4.57. The first-order valence-electron chi connectivity index (χ1n) is 8.46. The Bertz CT molecular complexity index is 747. The lowest BCUT2D eigenvalue weighted by Crippen LogP contribution is -1.99. The van der Waals surface area contributed by atoms with Crippen LogP contribution in [0.15, 0.2) is 55.0 Å². The van der Waals surface area contributed by atoms with E-state index in [9.17, 15) is 0 Å². The van der Waals surface area contributed by atoms with Crippen LogP contribution in [0.5, 0.6) is 0 Å². The monoisotopic (exact) mass is 317 g/mol. The van der Waals surface area contributed by atoms with Crippen LogP contribution in [0, 0.1) is 13.8 Å². The molecule has 0 aliphatic rings. The lowest BCUT2D eigenvalue weighted by Gasteiger charge is -2.06. The number of nitrogens with zero attached hydrogens (tertiary/aromatic N) is 3. The molecule has 3 heterocycles. The highest BCUT2D eigenvalue weighted by atomic mass is 14.7. The van der Waals surface area contributed by atoms with Gasteiger partial charge in [-0.3, -0.25) is 15.0 Å². The van der Waals surface area contributed by atoms with Crippen molar-refractivity contribution in [3.8, 4) is 0 Å². The average Bonchev–Trinajstić information content (AvgIpc) is 2.59. The number of hydrogen-bond donors (Lipinski definition) is 0. The van der Waals surface area contributed by atoms with Gasteiger partial charge in [0.1, 0.15) is 0 Å². The molecular formula is C21H23N3. The van der Waals surface area contributed by atoms with Gasteiger partial charge in [-0.15, -0.1) is 0 Å². The zero-order valence-corrected chi connectivity index (χ0v) is 14.4. The van der Waals surface area contributed by atoms with Crippen molar-refractivity contribution in [3.05, 3.63) is 88.8 Å². The van der Waals surface area contributed by atoms with Crippen LogP contribution in [0.4, 0.5) is 0 Å². The summed E-state index contributed by atoms with van der Waals surface area (Å²) >= 11 is 0. The summed E-state index contributed by atoms with van der Waals surface area (Å²) in [5.41, 5.74) is 7.18. The van der Waals surface area contributed by atoms with E-state index in [2.05, 4.69) is 52.2 Å². The van der Waals surface area contributed by atoms with Crippen LogP contribution in [0.2, 0.25) is 0 Å². The molecule has 0 unspecified atom stereocenters. The fraction of sp³-hybridized carbons (Fsp3) is 0.286. The van der Waals surface area contributed by atoms with E-state index in [0.29, 0.717) is 0 Å². The first kappa shape index (κ1) is 16.3. The number of aromatic nitrogens is 3. The standard InChI is InChI=1S/C21H23N3/c1-16-12-19(15-22-14-16)7-9-21-13-18(10-11-23-21)6-8-20-5-3-4-17(2)24-20/h3-5,10-15H,6-9H2,1-2H3. The van der Waals surface area contributed by atoms with Crippen LogP contribution < -0.4 is 0 Å². The molecule has 0 radical (unpaired) electrons. The summed E-state index contributed by atoms with van der Waals surface area (Å²) in [5, 5.41) is 0. The van der Waals surface area contributed by atoms with Crippen LogP contribution in [0.25, 0.3) is 0 Å². The van der Waals surface area contributed by atoms with Crippen LogP contribution in [-0.2, 0) is 25.7 Å². The predicted molar refractivity (Wildman–Crippen MR) is 97.0 cm³/mol. The second kappa shape index (κ2) is 7.82. The summed E-state index contributed by atoms with van der Waals surface area (Å²) in [6.07, 6.45) is 9.64. The van der Waals surface area contributed by atoms with Gasteiger partial charge >= 0.3 is 0 Å². The highest BCUT2D eigenvalue weighted by Gasteiger charge is 2.02. The van der Waals surface area contributed by atoms with Crippen molar-refractivity contribution in [1.29, 1.82) is 0 Å². The smallest absolute Gasteiger partial charge is 0.0410 e. The molecular weight excluding hydrogens is 294 g/mol. The number of hydrogen-bond acceptors (Lipinski definition) is 3. The molecule has 0 N–H and O–H groups in total. The van der Waals surface area contributed by atoms with Crippen molar-refractivity contribution >= 4 is 0 Å². The summed E-state index contributed by atoms with van der Waals surface area (Å²) in [7, 11) is 0. The van der Waals surface area contributed by atoms with E-state index in [1.54, 1.807) is 0 Å². The molecule has 122 valence electrons. The van der Waals surface area contributed by atoms with Crippen molar-refractivity contribution in [2.45, 2.75) is 39.5 Å². The van der Waals surface area contributed by atoms with E-state index in [4.69, 9.17) is 0 Å². The molecule has 3 aromatic heterocycles. The molecule has 3 aromatic rings. The van der Waals surface area contributed by atoms with E-state index in [1.165, 1.54) is 16.7 Å². The van der Waals surface area contributed by atoms with Crippen molar-refractivity contribution < 1.29 is 0 Å². The molecule has 0 aliphatic heterocycles. The van der Waals surface area contributed by atoms with Gasteiger partial charge in [0.15, 0.2) is 0 Å². The highest BCUT2D eigenvalue weighted by Crippen LogP contribution is 2.10. The molecule has 3 rings (SSSR count). The Labute approximate surface area is 143 Å². The Morgan fingerprint density at radius 3 is 2.46 bits per heavy atom. The van der Waals surface area contributed by atoms with E-state index in [0.717, 1.165) is 42.8 Å². The van der Waals surface area contributed by atoms with Crippen molar-refractivity contribution in [2.24, 2.45) is 0 Å². The minimum absolute atomic E-state index is 0.946. The molecule has 3 nitrogen and oxygen atoms in total. The molecule has 0 fully saturated rings. The van der Waals surface area contributed by atoms with Gasteiger partial charge in [-0.05, 0) is 80.5 Å². The Balaban J connectivity index is 1.59. The highest BCUT2D eigenvalue weighted by molar-refractivity contribution is 5.21. The van der Waals surface area contributed by atoms with Crippen LogP contribution in [0.3, 0.4) is 0 Å². The Kier molecular flexibility index (Phi) is 5.32. The van der Waals surface area contributed by atoms with Gasteiger partial charge in [0.05, 0.1) is 0 Å². The van der Waals surface area contributed by atoms with Gasteiger partial charge in [0.25, 0.3) is 0 Å². The lowest BCUT2D eigenvalue weighted by atomic mass is 10.0. The second-order valence-electron chi connectivity index (χ2n) is 6.30. The lowest BCUT2D eigenvalue weighted by molar-refractivity contribution is 0.872. The molecule has 0 atom stereocenters. The van der Waals surface area contributed by atoms with Gasteiger partial charge in [-0.25, -0.2) is 0 Å². The zero-order chi connectivity index (χ0) is 16.8. The van der Waals surface area contributed by atoms with E-state index in [1.807, 2.05) is 31.6 Å². The first-order valence-corrected chi connectivity index (χ1v) is 8.46. The van der Waals surface area contributed by atoms with E-state index >= 15 is 0 Å². The van der Waals surface area contributed by atoms with Gasteiger partial charge in [-0.1, -0.05) is 12.1 Å². The van der Waals surface area contributed by atoms with Crippen molar-refractivity contribution in [3.63, 3.8) is 0 Å². The second-order valence-corrected chi connectivity index (χ2v) is 6.30. The summed E-state index contributed by atoms with van der Waals surface area (Å²) < 4.78 is 0. The third-order valence-electron chi connectivity index (χ3n) is 4.10. The maximum absolute atomic E-state index is 4.57. The van der Waals surface area contributed by atoms with E-state index < -0.39 is 0 Å². The molecule has 0 saturated carbocycles. The molecule has 24 heavy (non-hydrogen) atoms. The van der Waals surface area contributed by atoms with Gasteiger partial charge < -0.3 is 0 Å². The predicted octanol–water partition coefficient (Wildman–Crippen LogP) is 4.06. The third-order valence-corrected chi connectivity index (χ3v) is 4.10. The van der Waals surface area contributed by atoms with Crippen LogP contribution >= 0.6 is 0 Å². The number of pyridine rings is 3. The largest absolute Gasteiger partial charge is 0.264 e. The van der Waals surface area contributed by atoms with Crippen LogP contribution in [-0.4, -0.2) is 15.0 Å². The summed E-state index contributed by atoms with van der Waals surface area (Å²) in [6.45, 7) is 4.11. The molecule has 0 aromatic carbocycles. The molecule has 0 amide bonds. The Hall–Kier alpha value is -2.55. The fourth-order valence-electron chi connectivity index (χ4n) is 2.86. The van der Waals surface area contributed by atoms with Crippen molar-refractivity contribution in [1.82, 2.24) is 15.0 Å². The fourth-order valence-corrected chi connectivity index (χ4v) is 2.86. The Morgan fingerprint density at radius 1 is 0.792 bits per heavy atom. The SMILES string of the molecule is Cc1cncc(CCc2cc(CCc3cccc(C)n3)ccn2)c1. The van der Waals surface area contributed by atoms with Gasteiger partial charge in [0, 0.05) is 35.7 Å².